The molecule has 0 amide bonds. The quantitative estimate of drug-likeness (QED) is 0.607. The molecule has 0 heterocycles. The van der Waals surface area contributed by atoms with Gasteiger partial charge in [-0.05, 0) is 19.3 Å². The number of hydrogen-bond donors (Lipinski definition) is 1. The van der Waals surface area contributed by atoms with Crippen LogP contribution >= 0.6 is 0 Å². The lowest BCUT2D eigenvalue weighted by Crippen LogP contribution is -2.30. The van der Waals surface area contributed by atoms with Gasteiger partial charge in [0.25, 0.3) is 0 Å². The number of hydrogen-bond acceptors (Lipinski definition) is 2. The molecular weight excluding hydrogens is 150 g/mol. The maximum Gasteiger partial charge on any atom is 0.212 e. The molecule has 1 radical (unpaired) electrons. The van der Waals surface area contributed by atoms with Crippen LogP contribution in [-0.2, 0) is 10.0 Å². The van der Waals surface area contributed by atoms with Gasteiger partial charge in [-0.1, -0.05) is 12.8 Å². The second-order valence-corrected chi connectivity index (χ2v) is 4.43. The van der Waals surface area contributed by atoms with E-state index in [0.29, 0.717) is 6.42 Å². The second kappa shape index (κ2) is 2.88. The molecule has 4 heteroatoms. The lowest BCUT2D eigenvalue weighted by Gasteiger charge is -2.18. The Morgan fingerprint density at radius 3 is 2.40 bits per heavy atom. The highest BCUT2D eigenvalue weighted by molar-refractivity contribution is 7.89. The molecular formula is C6H12NO2S. The maximum atomic E-state index is 10.7. The molecule has 3 nitrogen and oxygen atoms in total. The van der Waals surface area contributed by atoms with Gasteiger partial charge in [-0.2, -0.15) is 0 Å². The first-order valence-corrected chi connectivity index (χ1v) is 5.06. The summed E-state index contributed by atoms with van der Waals surface area (Å²) in [6.07, 6.45) is 5.49. The van der Waals surface area contributed by atoms with E-state index >= 15 is 0 Å². The van der Waals surface area contributed by atoms with Crippen LogP contribution in [0.4, 0.5) is 0 Å². The Bertz CT molecular complexity index is 192. The summed E-state index contributed by atoms with van der Waals surface area (Å²) in [5, 5.41) is 4.58. The van der Waals surface area contributed by atoms with Gasteiger partial charge in [0.1, 0.15) is 0 Å². The van der Waals surface area contributed by atoms with Crippen LogP contribution in [0.2, 0.25) is 0 Å². The molecule has 0 saturated heterocycles. The van der Waals surface area contributed by atoms with Crippen molar-refractivity contribution >= 4 is 10.0 Å². The summed E-state index contributed by atoms with van der Waals surface area (Å²) in [5.41, 5.74) is 0. The molecule has 1 fully saturated rings. The zero-order valence-electron chi connectivity index (χ0n) is 5.79. The van der Waals surface area contributed by atoms with E-state index in [4.69, 9.17) is 5.14 Å². The van der Waals surface area contributed by atoms with Gasteiger partial charge in [0, 0.05) is 0 Å². The van der Waals surface area contributed by atoms with E-state index in [1.54, 1.807) is 6.42 Å². The molecule has 1 atom stereocenters. The van der Waals surface area contributed by atoms with Crippen molar-refractivity contribution in [2.24, 2.45) is 5.14 Å². The van der Waals surface area contributed by atoms with E-state index in [0.717, 1.165) is 19.3 Å². The minimum absolute atomic E-state index is 0.374. The fourth-order valence-electron chi connectivity index (χ4n) is 1.21. The third-order valence-electron chi connectivity index (χ3n) is 1.79. The number of nitrogens with two attached hydrogens (primary N) is 1. The molecule has 0 aromatic rings. The van der Waals surface area contributed by atoms with Crippen molar-refractivity contribution in [3.8, 4) is 0 Å². The van der Waals surface area contributed by atoms with Gasteiger partial charge in [-0.25, -0.2) is 13.6 Å². The summed E-state index contributed by atoms with van der Waals surface area (Å²) >= 11 is 0. The smallest absolute Gasteiger partial charge is 0.212 e. The van der Waals surface area contributed by atoms with Crippen LogP contribution in [0.25, 0.3) is 0 Å². The van der Waals surface area contributed by atoms with Crippen molar-refractivity contribution in [1.82, 2.24) is 0 Å². The Hall–Kier alpha value is -0.0900. The predicted molar refractivity (Wildman–Crippen MR) is 39.7 cm³/mol. The van der Waals surface area contributed by atoms with E-state index in [1.165, 1.54) is 0 Å². The molecule has 2 N–H and O–H groups in total. The van der Waals surface area contributed by atoms with Crippen LogP contribution in [0.15, 0.2) is 0 Å². The standard InChI is InChI=1S/C6H12NO2S/c7-10(8,9)6-4-2-1-3-5-6/h4,6H,1-3,5H2,(H2,7,8,9). The van der Waals surface area contributed by atoms with Gasteiger partial charge in [0.05, 0.1) is 5.25 Å². The SMILES string of the molecule is NS(=O)(=O)C1[CH]CCCC1. The number of rotatable bonds is 1. The Kier molecular flexibility index (Phi) is 2.31. The molecule has 1 rings (SSSR count). The second-order valence-electron chi connectivity index (χ2n) is 2.65. The fourth-order valence-corrected chi connectivity index (χ4v) is 2.11. The van der Waals surface area contributed by atoms with Crippen LogP contribution in [0.3, 0.4) is 0 Å². The summed E-state index contributed by atoms with van der Waals surface area (Å²) in [6.45, 7) is 0. The third kappa shape index (κ3) is 1.95. The largest absolute Gasteiger partial charge is 0.228 e. The average Bonchev–Trinajstić information content (AvgIpc) is 1.88. The van der Waals surface area contributed by atoms with Crippen molar-refractivity contribution in [2.75, 3.05) is 0 Å². The first-order valence-electron chi connectivity index (χ1n) is 3.45. The van der Waals surface area contributed by atoms with Crippen molar-refractivity contribution in [2.45, 2.75) is 30.9 Å². The molecule has 1 aliphatic rings. The van der Waals surface area contributed by atoms with Gasteiger partial charge >= 0.3 is 0 Å². The summed E-state index contributed by atoms with van der Waals surface area (Å²) in [5.74, 6) is 0. The summed E-state index contributed by atoms with van der Waals surface area (Å²) in [7, 11) is -3.28. The highest BCUT2D eigenvalue weighted by Gasteiger charge is 2.23. The van der Waals surface area contributed by atoms with Crippen molar-refractivity contribution < 1.29 is 8.42 Å². The lowest BCUT2D eigenvalue weighted by atomic mass is 10.0. The Morgan fingerprint density at radius 2 is 2.10 bits per heavy atom. The molecule has 0 aromatic heterocycles. The van der Waals surface area contributed by atoms with E-state index in [2.05, 4.69) is 0 Å². The molecule has 0 aromatic carbocycles. The van der Waals surface area contributed by atoms with E-state index < -0.39 is 10.0 Å². The van der Waals surface area contributed by atoms with Gasteiger partial charge < -0.3 is 0 Å². The molecule has 59 valence electrons. The van der Waals surface area contributed by atoms with Gasteiger partial charge in [0.15, 0.2) is 0 Å². The fraction of sp³-hybridized carbons (Fsp3) is 0.833. The van der Waals surface area contributed by atoms with Crippen LogP contribution < -0.4 is 5.14 Å². The average molecular weight is 162 g/mol. The van der Waals surface area contributed by atoms with Crippen LogP contribution in [0.5, 0.6) is 0 Å². The first-order chi connectivity index (χ1) is 4.61. The topological polar surface area (TPSA) is 60.2 Å². The highest BCUT2D eigenvalue weighted by Crippen LogP contribution is 2.20. The van der Waals surface area contributed by atoms with E-state index in [1.807, 2.05) is 0 Å². The first kappa shape index (κ1) is 8.01. The third-order valence-corrected chi connectivity index (χ3v) is 3.07. The van der Waals surface area contributed by atoms with Crippen LogP contribution in [0, 0.1) is 6.42 Å². The maximum absolute atomic E-state index is 10.7. The van der Waals surface area contributed by atoms with E-state index in [9.17, 15) is 8.42 Å². The molecule has 1 aliphatic carbocycles. The Balaban J connectivity index is 2.56. The van der Waals surface area contributed by atoms with Crippen molar-refractivity contribution in [1.29, 1.82) is 0 Å². The predicted octanol–water partition coefficient (Wildman–Crippen LogP) is 0.422. The highest BCUT2D eigenvalue weighted by atomic mass is 32.2. The van der Waals surface area contributed by atoms with Crippen LogP contribution in [-0.4, -0.2) is 13.7 Å². The van der Waals surface area contributed by atoms with Gasteiger partial charge in [-0.3, -0.25) is 0 Å². The Morgan fingerprint density at radius 1 is 1.40 bits per heavy atom. The molecule has 1 unspecified atom stereocenters. The Labute approximate surface area is 61.7 Å². The lowest BCUT2D eigenvalue weighted by molar-refractivity contribution is 0.544. The molecule has 1 saturated carbocycles. The molecule has 0 spiro atoms. The van der Waals surface area contributed by atoms with E-state index in [-0.39, 0.29) is 5.25 Å². The monoisotopic (exact) mass is 162 g/mol. The minimum Gasteiger partial charge on any atom is -0.228 e. The van der Waals surface area contributed by atoms with Gasteiger partial charge in [0.2, 0.25) is 10.0 Å². The van der Waals surface area contributed by atoms with Crippen LogP contribution in [0.1, 0.15) is 25.7 Å². The molecule has 0 aliphatic heterocycles. The summed E-state index contributed by atoms with van der Waals surface area (Å²) in [6, 6.07) is 0. The molecule has 10 heavy (non-hydrogen) atoms. The normalized spacial score (nSPS) is 22.9. The zero-order valence-corrected chi connectivity index (χ0v) is 6.60. The number of primary sulfonamides is 1. The summed E-state index contributed by atoms with van der Waals surface area (Å²) < 4.78 is 21.5. The van der Waals surface area contributed by atoms with Crippen molar-refractivity contribution in [3.05, 3.63) is 6.42 Å². The zero-order chi connectivity index (χ0) is 7.61. The van der Waals surface area contributed by atoms with Gasteiger partial charge in [-0.15, -0.1) is 0 Å². The minimum atomic E-state index is -3.28. The van der Waals surface area contributed by atoms with Crippen molar-refractivity contribution in [3.63, 3.8) is 0 Å². The summed E-state index contributed by atoms with van der Waals surface area (Å²) in [4.78, 5) is 0. The molecule has 0 bridgehead atoms. The number of sulfonamides is 1.